The molecule has 118 valence electrons. The lowest BCUT2D eigenvalue weighted by Crippen LogP contribution is -2.50. The number of benzene rings is 2. The molecule has 0 unspecified atom stereocenters. The van der Waals surface area contributed by atoms with E-state index in [0.717, 1.165) is 11.1 Å². The number of hydrogen-bond donors (Lipinski definition) is 3. The van der Waals surface area contributed by atoms with Gasteiger partial charge in [-0.2, -0.15) is 0 Å². The normalized spacial score (nSPS) is 15.2. The van der Waals surface area contributed by atoms with Gasteiger partial charge in [0.15, 0.2) is 0 Å². The molecule has 0 spiro atoms. The number of ether oxygens (including phenoxy) is 1. The molecule has 0 heterocycles. The van der Waals surface area contributed by atoms with E-state index >= 15 is 0 Å². The van der Waals surface area contributed by atoms with Crippen LogP contribution < -0.4 is 0 Å². The van der Waals surface area contributed by atoms with E-state index in [4.69, 9.17) is 4.74 Å². The van der Waals surface area contributed by atoms with Gasteiger partial charge >= 0.3 is 0 Å². The van der Waals surface area contributed by atoms with Gasteiger partial charge in [0.2, 0.25) is 0 Å². The summed E-state index contributed by atoms with van der Waals surface area (Å²) < 4.78 is 5.45. The van der Waals surface area contributed by atoms with Gasteiger partial charge in [0.25, 0.3) is 0 Å². The van der Waals surface area contributed by atoms with E-state index in [1.165, 1.54) is 0 Å². The number of hydrogen-bond acceptors (Lipinski definition) is 4. The summed E-state index contributed by atoms with van der Waals surface area (Å²) in [6.07, 6.45) is -0.998. The van der Waals surface area contributed by atoms with Crippen LogP contribution >= 0.6 is 0 Å². The minimum atomic E-state index is -1.61. The molecule has 4 nitrogen and oxygen atoms in total. The van der Waals surface area contributed by atoms with E-state index in [1.807, 2.05) is 60.7 Å². The SMILES string of the molecule is OC[C@](O)(Cc1ccccc1)[C@@H](O)COCc1ccccc1. The first-order valence-corrected chi connectivity index (χ1v) is 7.31. The molecular weight excluding hydrogens is 280 g/mol. The molecule has 4 heteroatoms. The van der Waals surface area contributed by atoms with Crippen LogP contribution in [0.2, 0.25) is 0 Å². The molecule has 0 amide bonds. The van der Waals surface area contributed by atoms with E-state index in [9.17, 15) is 15.3 Å². The standard InChI is InChI=1S/C18H22O4/c19-14-18(21,11-15-7-3-1-4-8-15)17(20)13-22-12-16-9-5-2-6-10-16/h1-10,17,19-21H,11-14H2/t17-,18+/m0/s1. The molecule has 2 aromatic carbocycles. The van der Waals surface area contributed by atoms with Crippen molar-refractivity contribution < 1.29 is 20.1 Å². The highest BCUT2D eigenvalue weighted by Crippen LogP contribution is 2.18. The Labute approximate surface area is 130 Å². The van der Waals surface area contributed by atoms with Gasteiger partial charge in [-0.1, -0.05) is 60.7 Å². The lowest BCUT2D eigenvalue weighted by molar-refractivity contribution is -0.130. The molecule has 0 radical (unpaired) electrons. The monoisotopic (exact) mass is 302 g/mol. The van der Waals surface area contributed by atoms with Crippen molar-refractivity contribution in [3.63, 3.8) is 0 Å². The lowest BCUT2D eigenvalue weighted by Gasteiger charge is -2.31. The summed E-state index contributed by atoms with van der Waals surface area (Å²) in [6.45, 7) is -0.221. The lowest BCUT2D eigenvalue weighted by atomic mass is 9.90. The Balaban J connectivity index is 1.89. The molecule has 0 aliphatic rings. The van der Waals surface area contributed by atoms with Crippen LogP contribution in [0, 0.1) is 0 Å². The van der Waals surface area contributed by atoms with E-state index in [-0.39, 0.29) is 13.0 Å². The second-order valence-corrected chi connectivity index (χ2v) is 5.44. The third-order valence-corrected chi connectivity index (χ3v) is 3.63. The Morgan fingerprint density at radius 3 is 2.00 bits per heavy atom. The molecule has 2 aromatic rings. The number of aliphatic hydroxyl groups is 3. The maximum absolute atomic E-state index is 10.5. The first-order chi connectivity index (χ1) is 10.6. The number of rotatable bonds is 8. The fraction of sp³-hybridized carbons (Fsp3) is 0.333. The zero-order valence-corrected chi connectivity index (χ0v) is 12.4. The van der Waals surface area contributed by atoms with E-state index < -0.39 is 18.3 Å². The third kappa shape index (κ3) is 4.64. The average molecular weight is 302 g/mol. The molecule has 2 atom stereocenters. The second-order valence-electron chi connectivity index (χ2n) is 5.44. The molecule has 2 rings (SSSR count). The molecule has 0 saturated heterocycles. The molecular formula is C18H22O4. The van der Waals surface area contributed by atoms with Crippen molar-refractivity contribution in [2.24, 2.45) is 0 Å². The first kappa shape index (κ1) is 16.6. The third-order valence-electron chi connectivity index (χ3n) is 3.63. The summed E-state index contributed by atoms with van der Waals surface area (Å²) in [5, 5.41) is 30.1. The minimum absolute atomic E-state index is 0.0429. The topological polar surface area (TPSA) is 69.9 Å². The van der Waals surface area contributed by atoms with E-state index in [2.05, 4.69) is 0 Å². The van der Waals surface area contributed by atoms with Crippen molar-refractivity contribution in [1.82, 2.24) is 0 Å². The van der Waals surface area contributed by atoms with Crippen molar-refractivity contribution in [2.75, 3.05) is 13.2 Å². The van der Waals surface area contributed by atoms with Crippen LogP contribution in [0.4, 0.5) is 0 Å². The Bertz CT molecular complexity index is 544. The van der Waals surface area contributed by atoms with Gasteiger partial charge in [-0.05, 0) is 11.1 Å². The molecule has 0 aromatic heterocycles. The maximum Gasteiger partial charge on any atom is 0.120 e. The van der Waals surface area contributed by atoms with Crippen molar-refractivity contribution in [3.8, 4) is 0 Å². The molecule has 0 fully saturated rings. The molecule has 0 aliphatic carbocycles. The van der Waals surface area contributed by atoms with Crippen LogP contribution in [0.3, 0.4) is 0 Å². The van der Waals surface area contributed by atoms with Crippen molar-refractivity contribution >= 4 is 0 Å². The zero-order valence-electron chi connectivity index (χ0n) is 12.4. The summed E-state index contributed by atoms with van der Waals surface area (Å²) in [7, 11) is 0. The van der Waals surface area contributed by atoms with Gasteiger partial charge < -0.3 is 20.1 Å². The Morgan fingerprint density at radius 2 is 1.45 bits per heavy atom. The quantitative estimate of drug-likeness (QED) is 0.692. The van der Waals surface area contributed by atoms with Gasteiger partial charge in [-0.15, -0.1) is 0 Å². The van der Waals surface area contributed by atoms with Crippen LogP contribution in [0.1, 0.15) is 11.1 Å². The van der Waals surface area contributed by atoms with Crippen LogP contribution in [0.5, 0.6) is 0 Å². The zero-order chi connectivity index (χ0) is 15.8. The van der Waals surface area contributed by atoms with Gasteiger partial charge in [-0.3, -0.25) is 0 Å². The minimum Gasteiger partial charge on any atom is -0.393 e. The second kappa shape index (κ2) is 8.06. The van der Waals surface area contributed by atoms with Crippen LogP contribution in [-0.2, 0) is 17.8 Å². The summed E-state index contributed by atoms with van der Waals surface area (Å²) in [6, 6.07) is 18.9. The summed E-state index contributed by atoms with van der Waals surface area (Å²) >= 11 is 0. The van der Waals surface area contributed by atoms with Gasteiger partial charge in [-0.25, -0.2) is 0 Å². The van der Waals surface area contributed by atoms with Gasteiger partial charge in [0.05, 0.1) is 19.8 Å². The predicted octanol–water partition coefficient (Wildman–Crippen LogP) is 1.53. The molecule has 3 N–H and O–H groups in total. The predicted molar refractivity (Wildman–Crippen MR) is 84.3 cm³/mol. The highest BCUT2D eigenvalue weighted by Gasteiger charge is 2.35. The highest BCUT2D eigenvalue weighted by atomic mass is 16.5. The van der Waals surface area contributed by atoms with Gasteiger partial charge in [0, 0.05) is 6.42 Å². The molecule has 0 saturated carbocycles. The Kier molecular flexibility index (Phi) is 6.10. The van der Waals surface area contributed by atoms with Gasteiger partial charge in [0.1, 0.15) is 11.7 Å². The van der Waals surface area contributed by atoms with Crippen LogP contribution in [-0.4, -0.2) is 40.2 Å². The van der Waals surface area contributed by atoms with Crippen LogP contribution in [0.15, 0.2) is 60.7 Å². The molecule has 0 aliphatic heterocycles. The number of aliphatic hydroxyl groups excluding tert-OH is 2. The maximum atomic E-state index is 10.5. The fourth-order valence-corrected chi connectivity index (χ4v) is 2.25. The van der Waals surface area contributed by atoms with E-state index in [1.54, 1.807) is 0 Å². The summed E-state index contributed by atoms with van der Waals surface area (Å²) in [5.41, 5.74) is 0.226. The molecule has 22 heavy (non-hydrogen) atoms. The Morgan fingerprint density at radius 1 is 0.909 bits per heavy atom. The fourth-order valence-electron chi connectivity index (χ4n) is 2.25. The molecule has 0 bridgehead atoms. The smallest absolute Gasteiger partial charge is 0.120 e. The largest absolute Gasteiger partial charge is 0.393 e. The average Bonchev–Trinajstić information content (AvgIpc) is 2.56. The Hall–Kier alpha value is -1.72. The summed E-state index contributed by atoms with van der Waals surface area (Å²) in [5.74, 6) is 0. The van der Waals surface area contributed by atoms with Crippen LogP contribution in [0.25, 0.3) is 0 Å². The van der Waals surface area contributed by atoms with Crippen molar-refractivity contribution in [3.05, 3.63) is 71.8 Å². The highest BCUT2D eigenvalue weighted by molar-refractivity contribution is 5.18. The summed E-state index contributed by atoms with van der Waals surface area (Å²) in [4.78, 5) is 0. The first-order valence-electron chi connectivity index (χ1n) is 7.31. The van der Waals surface area contributed by atoms with E-state index in [0.29, 0.717) is 6.61 Å². The van der Waals surface area contributed by atoms with Crippen molar-refractivity contribution in [2.45, 2.75) is 24.7 Å². The van der Waals surface area contributed by atoms with Crippen molar-refractivity contribution in [1.29, 1.82) is 0 Å².